The van der Waals surface area contributed by atoms with Crippen molar-refractivity contribution in [1.82, 2.24) is 0 Å². The van der Waals surface area contributed by atoms with Crippen LogP contribution in [0.3, 0.4) is 0 Å². The fourth-order valence-electron chi connectivity index (χ4n) is 2.18. The number of Topliss-reactive ketones (excluding diaryl/α,β-unsaturated/α-hetero) is 1. The first-order valence-corrected chi connectivity index (χ1v) is 8.61. The van der Waals surface area contributed by atoms with Gasteiger partial charge in [-0.15, -0.1) is 0 Å². The lowest BCUT2D eigenvalue weighted by molar-refractivity contribution is -0.147. The van der Waals surface area contributed by atoms with Crippen LogP contribution in [0.5, 0.6) is 5.75 Å². The summed E-state index contributed by atoms with van der Waals surface area (Å²) in [5.74, 6) is -2.57. The van der Waals surface area contributed by atoms with Crippen molar-refractivity contribution >= 4 is 34.9 Å². The van der Waals surface area contributed by atoms with E-state index >= 15 is 0 Å². The van der Waals surface area contributed by atoms with E-state index in [1.807, 2.05) is 0 Å². The Morgan fingerprint density at radius 1 is 1.03 bits per heavy atom. The van der Waals surface area contributed by atoms with Crippen LogP contribution in [0.15, 0.2) is 42.5 Å². The molecule has 154 valence electrons. The molecule has 0 aliphatic heterocycles. The van der Waals surface area contributed by atoms with Crippen molar-refractivity contribution in [2.24, 2.45) is 0 Å². The van der Waals surface area contributed by atoms with Crippen molar-refractivity contribution in [2.75, 3.05) is 11.9 Å². The van der Waals surface area contributed by atoms with E-state index < -0.39 is 30.9 Å². The second-order valence-corrected chi connectivity index (χ2v) is 6.07. The fraction of sp³-hybridized carbons (Fsp3) is 0.211. The summed E-state index contributed by atoms with van der Waals surface area (Å²) in [5, 5.41) is 2.23. The van der Waals surface area contributed by atoms with Gasteiger partial charge in [0.15, 0.2) is 12.4 Å². The highest BCUT2D eigenvalue weighted by atomic mass is 35.5. The smallest absolute Gasteiger partial charge is 0.387 e. The van der Waals surface area contributed by atoms with Gasteiger partial charge < -0.3 is 14.8 Å². The number of carbonyl (C=O) groups is 3. The van der Waals surface area contributed by atoms with Crippen molar-refractivity contribution in [3.05, 3.63) is 58.9 Å². The van der Waals surface area contributed by atoms with Gasteiger partial charge in [-0.05, 0) is 42.5 Å². The van der Waals surface area contributed by atoms with Crippen LogP contribution in [0.2, 0.25) is 5.02 Å². The molecule has 0 aliphatic carbocycles. The van der Waals surface area contributed by atoms with Crippen molar-refractivity contribution in [3.8, 4) is 5.75 Å². The van der Waals surface area contributed by atoms with Crippen molar-refractivity contribution in [1.29, 1.82) is 0 Å². The third-order valence-corrected chi connectivity index (χ3v) is 3.81. The Morgan fingerprint density at radius 3 is 2.34 bits per heavy atom. The van der Waals surface area contributed by atoms with Crippen LogP contribution >= 0.6 is 11.6 Å². The van der Waals surface area contributed by atoms with Gasteiger partial charge in [-0.2, -0.15) is 8.78 Å². The number of anilines is 1. The molecule has 0 spiro atoms. The average Bonchev–Trinajstić information content (AvgIpc) is 2.67. The normalized spacial score (nSPS) is 10.5. The van der Waals surface area contributed by atoms with Gasteiger partial charge in [0.25, 0.3) is 5.91 Å². The van der Waals surface area contributed by atoms with Gasteiger partial charge in [-0.25, -0.2) is 4.39 Å². The Kier molecular flexibility index (Phi) is 8.02. The Balaban J connectivity index is 1.75. The molecule has 2 aromatic rings. The number of amides is 1. The fourth-order valence-corrected chi connectivity index (χ4v) is 2.41. The molecule has 0 aromatic heterocycles. The summed E-state index contributed by atoms with van der Waals surface area (Å²) < 4.78 is 46.1. The van der Waals surface area contributed by atoms with E-state index in [2.05, 4.69) is 10.1 Å². The molecule has 6 nitrogen and oxygen atoms in total. The van der Waals surface area contributed by atoms with E-state index in [0.29, 0.717) is 0 Å². The third kappa shape index (κ3) is 7.46. The molecule has 2 rings (SSSR count). The predicted octanol–water partition coefficient (Wildman–Crippen LogP) is 4.23. The highest BCUT2D eigenvalue weighted by Crippen LogP contribution is 2.28. The largest absolute Gasteiger partial charge is 0.456 e. The highest BCUT2D eigenvalue weighted by molar-refractivity contribution is 6.32. The van der Waals surface area contributed by atoms with Crippen molar-refractivity contribution in [3.63, 3.8) is 0 Å². The Morgan fingerprint density at radius 2 is 1.72 bits per heavy atom. The summed E-state index contributed by atoms with van der Waals surface area (Å²) in [4.78, 5) is 35.4. The number of esters is 1. The van der Waals surface area contributed by atoms with Crippen LogP contribution in [0.4, 0.5) is 18.9 Å². The summed E-state index contributed by atoms with van der Waals surface area (Å²) in [6, 6.07) is 8.50. The van der Waals surface area contributed by atoms with Gasteiger partial charge in [0.2, 0.25) is 0 Å². The summed E-state index contributed by atoms with van der Waals surface area (Å²) >= 11 is 5.77. The summed E-state index contributed by atoms with van der Waals surface area (Å²) in [6.07, 6.45) is -0.414. The molecule has 0 saturated carbocycles. The number of alkyl halides is 2. The number of ketones is 1. The molecule has 10 heteroatoms. The minimum Gasteiger partial charge on any atom is -0.456 e. The van der Waals surface area contributed by atoms with Gasteiger partial charge in [-0.3, -0.25) is 14.4 Å². The minimum absolute atomic E-state index is 0.139. The third-order valence-electron chi connectivity index (χ3n) is 3.52. The zero-order chi connectivity index (χ0) is 21.4. The van der Waals surface area contributed by atoms with E-state index in [9.17, 15) is 27.6 Å². The number of hydrogen-bond donors (Lipinski definition) is 1. The van der Waals surface area contributed by atoms with Gasteiger partial charge in [0.05, 0.1) is 11.4 Å². The molecule has 2 aromatic carbocycles. The van der Waals surface area contributed by atoms with E-state index in [1.54, 1.807) is 0 Å². The SMILES string of the molecule is O=C(COC(=O)CCC(=O)c1ccc(F)cc1)Nc1ccc(OC(F)F)c(Cl)c1. The Labute approximate surface area is 168 Å². The number of benzene rings is 2. The number of rotatable bonds is 9. The van der Waals surface area contributed by atoms with E-state index in [0.717, 1.165) is 18.2 Å². The maximum atomic E-state index is 12.8. The summed E-state index contributed by atoms with van der Waals surface area (Å²) in [6.45, 7) is -3.65. The number of halogens is 4. The van der Waals surface area contributed by atoms with E-state index in [1.165, 1.54) is 24.3 Å². The molecule has 0 bridgehead atoms. The van der Waals surface area contributed by atoms with Crippen LogP contribution < -0.4 is 10.1 Å². The molecule has 0 aliphatic rings. The second kappa shape index (κ2) is 10.5. The first-order chi connectivity index (χ1) is 13.7. The zero-order valence-corrected chi connectivity index (χ0v) is 15.5. The van der Waals surface area contributed by atoms with Gasteiger partial charge in [-0.1, -0.05) is 11.6 Å². The Bertz CT molecular complexity index is 890. The predicted molar refractivity (Wildman–Crippen MR) is 97.6 cm³/mol. The number of ether oxygens (including phenoxy) is 2. The van der Waals surface area contributed by atoms with E-state index in [-0.39, 0.29) is 40.6 Å². The molecule has 0 heterocycles. The topological polar surface area (TPSA) is 81.7 Å². The quantitative estimate of drug-likeness (QED) is 0.476. The summed E-state index contributed by atoms with van der Waals surface area (Å²) in [7, 11) is 0. The molecule has 1 N–H and O–H groups in total. The molecular formula is C19H15ClF3NO5. The van der Waals surface area contributed by atoms with Crippen LogP contribution in [-0.2, 0) is 14.3 Å². The van der Waals surface area contributed by atoms with Crippen LogP contribution in [0, 0.1) is 5.82 Å². The molecule has 0 atom stereocenters. The molecule has 0 fully saturated rings. The Hall–Kier alpha value is -3.07. The van der Waals surface area contributed by atoms with Gasteiger partial charge >= 0.3 is 12.6 Å². The first-order valence-electron chi connectivity index (χ1n) is 8.23. The molecule has 1 amide bonds. The maximum Gasteiger partial charge on any atom is 0.387 e. The van der Waals surface area contributed by atoms with Crippen LogP contribution in [0.1, 0.15) is 23.2 Å². The minimum atomic E-state index is -3.04. The lowest BCUT2D eigenvalue weighted by atomic mass is 10.1. The molecule has 29 heavy (non-hydrogen) atoms. The molecule has 0 saturated heterocycles. The molecule has 0 radical (unpaired) electrons. The standard InChI is InChI=1S/C19H15ClF3NO5/c20-14-9-13(5-7-16(14)29-19(22)23)24-17(26)10-28-18(27)8-6-15(25)11-1-3-12(21)4-2-11/h1-5,7,9,19H,6,8,10H2,(H,24,26). The van der Waals surface area contributed by atoms with Crippen molar-refractivity contribution < 1.29 is 37.0 Å². The second-order valence-electron chi connectivity index (χ2n) is 5.66. The lowest BCUT2D eigenvalue weighted by Crippen LogP contribution is -2.21. The monoisotopic (exact) mass is 429 g/mol. The van der Waals surface area contributed by atoms with Crippen LogP contribution in [-0.4, -0.2) is 30.9 Å². The van der Waals surface area contributed by atoms with Crippen molar-refractivity contribution in [2.45, 2.75) is 19.5 Å². The first kappa shape index (κ1) is 22.2. The van der Waals surface area contributed by atoms with Gasteiger partial charge in [0.1, 0.15) is 11.6 Å². The number of carbonyl (C=O) groups excluding carboxylic acids is 3. The van der Waals surface area contributed by atoms with Gasteiger partial charge in [0, 0.05) is 17.7 Å². The highest BCUT2D eigenvalue weighted by Gasteiger charge is 2.13. The summed E-state index contributed by atoms with van der Waals surface area (Å²) in [5.41, 5.74) is 0.442. The maximum absolute atomic E-state index is 12.8. The molecule has 0 unspecified atom stereocenters. The zero-order valence-electron chi connectivity index (χ0n) is 14.8. The van der Waals surface area contributed by atoms with Crippen LogP contribution in [0.25, 0.3) is 0 Å². The number of nitrogens with one attached hydrogen (secondary N) is 1. The number of hydrogen-bond acceptors (Lipinski definition) is 5. The lowest BCUT2D eigenvalue weighted by Gasteiger charge is -2.10. The van der Waals surface area contributed by atoms with E-state index in [4.69, 9.17) is 16.3 Å². The average molecular weight is 430 g/mol. The molecular weight excluding hydrogens is 415 g/mol.